The molecule has 1 saturated heterocycles. The van der Waals surface area contributed by atoms with Gasteiger partial charge in [0.15, 0.2) is 5.50 Å². The third-order valence-corrected chi connectivity index (χ3v) is 6.99. The number of thiol groups is 1. The van der Waals surface area contributed by atoms with Crippen LogP contribution < -0.4 is 15.5 Å². The quantitative estimate of drug-likeness (QED) is 0.591. The number of nitrogens with two attached hydrogens (primary N) is 1. The monoisotopic (exact) mass is 488 g/mol. The molecule has 10 heteroatoms. The second-order valence-corrected chi connectivity index (χ2v) is 9.06. The van der Waals surface area contributed by atoms with Crippen molar-refractivity contribution < 1.29 is 22.8 Å². The third kappa shape index (κ3) is 4.09. The van der Waals surface area contributed by atoms with Crippen molar-refractivity contribution in [3.05, 3.63) is 59.2 Å². The first kappa shape index (κ1) is 24.0. The Hall–Kier alpha value is -3.19. The van der Waals surface area contributed by atoms with Gasteiger partial charge >= 0.3 is 6.18 Å². The van der Waals surface area contributed by atoms with Crippen LogP contribution in [0.15, 0.2) is 42.5 Å². The van der Waals surface area contributed by atoms with Crippen molar-refractivity contribution in [3.8, 4) is 6.07 Å². The lowest BCUT2D eigenvalue weighted by atomic mass is 9.75. The van der Waals surface area contributed by atoms with Crippen LogP contribution in [0.4, 0.5) is 24.5 Å². The van der Waals surface area contributed by atoms with Gasteiger partial charge < -0.3 is 10.6 Å². The van der Waals surface area contributed by atoms with E-state index in [9.17, 15) is 22.8 Å². The van der Waals surface area contributed by atoms with Gasteiger partial charge in [0.1, 0.15) is 5.54 Å². The average Bonchev–Trinajstić information content (AvgIpc) is 3.00. The summed E-state index contributed by atoms with van der Waals surface area (Å²) in [4.78, 5) is 27.6. The highest BCUT2D eigenvalue weighted by Gasteiger charge is 2.60. The van der Waals surface area contributed by atoms with E-state index >= 15 is 0 Å². The molecule has 178 valence electrons. The molecule has 0 bridgehead atoms. The maximum atomic E-state index is 13.5. The number of anilines is 2. The highest BCUT2D eigenvalue weighted by atomic mass is 32.1. The number of alkyl halides is 3. The fourth-order valence-electron chi connectivity index (χ4n) is 4.67. The molecule has 0 aromatic heterocycles. The molecule has 2 fully saturated rings. The fraction of sp³-hybridized carbons (Fsp3) is 0.375. The van der Waals surface area contributed by atoms with E-state index < -0.39 is 28.3 Å². The van der Waals surface area contributed by atoms with Gasteiger partial charge in [-0.05, 0) is 68.0 Å². The van der Waals surface area contributed by atoms with Gasteiger partial charge in [-0.25, -0.2) is 0 Å². The second kappa shape index (κ2) is 8.87. The minimum Gasteiger partial charge on any atom is -0.370 e. The molecule has 1 atom stereocenters. The van der Waals surface area contributed by atoms with E-state index in [1.54, 1.807) is 6.07 Å². The molecule has 2 aliphatic rings. The number of hydrogen-bond acceptors (Lipinski definition) is 5. The average molecular weight is 489 g/mol. The molecule has 2 aromatic carbocycles. The normalized spacial score (nSPS) is 19.3. The summed E-state index contributed by atoms with van der Waals surface area (Å²) in [5, 5.41) is 9.09. The highest BCUT2D eigenvalue weighted by Crippen LogP contribution is 2.50. The van der Waals surface area contributed by atoms with Gasteiger partial charge in [0.25, 0.3) is 5.91 Å². The van der Waals surface area contributed by atoms with Crippen LogP contribution in [-0.4, -0.2) is 22.9 Å². The molecule has 1 unspecified atom stereocenters. The standard InChI is InChI=1S/C24H23F3N4O2S/c25-24(26,27)19-13-18(10-7-16(19)14-28)30-21(33)23(11-2-12-23)31(22(30)34)17-8-5-15(6-9-17)3-1-4-20(29)32/h5-10,13,22,34H,1-4,11-12H2,(H2,29,32). The van der Waals surface area contributed by atoms with Crippen molar-refractivity contribution in [3.63, 3.8) is 0 Å². The van der Waals surface area contributed by atoms with Gasteiger partial charge in [-0.1, -0.05) is 12.1 Å². The van der Waals surface area contributed by atoms with Gasteiger partial charge in [0.05, 0.1) is 17.2 Å². The van der Waals surface area contributed by atoms with E-state index in [4.69, 9.17) is 11.0 Å². The minimum absolute atomic E-state index is 0.0492. The van der Waals surface area contributed by atoms with Crippen molar-refractivity contribution in [1.82, 2.24) is 0 Å². The van der Waals surface area contributed by atoms with E-state index in [-0.39, 0.29) is 17.5 Å². The van der Waals surface area contributed by atoms with Gasteiger partial charge in [0, 0.05) is 17.8 Å². The van der Waals surface area contributed by atoms with E-state index in [0.29, 0.717) is 32.1 Å². The zero-order chi connectivity index (χ0) is 24.7. The summed E-state index contributed by atoms with van der Waals surface area (Å²) in [7, 11) is 0. The fourth-order valence-corrected chi connectivity index (χ4v) is 5.26. The molecule has 6 nitrogen and oxygen atoms in total. The lowest BCUT2D eigenvalue weighted by Gasteiger charge is -2.44. The molecule has 2 N–H and O–H groups in total. The topological polar surface area (TPSA) is 90.4 Å². The van der Waals surface area contributed by atoms with Crippen LogP contribution in [0, 0.1) is 11.3 Å². The summed E-state index contributed by atoms with van der Waals surface area (Å²) in [5.41, 5.74) is 3.71. The van der Waals surface area contributed by atoms with E-state index in [2.05, 4.69) is 12.6 Å². The Labute approximate surface area is 200 Å². The lowest BCUT2D eigenvalue weighted by Crippen LogP contribution is -2.55. The van der Waals surface area contributed by atoms with Crippen molar-refractivity contribution in [2.75, 3.05) is 9.80 Å². The predicted octanol–water partition coefficient (Wildman–Crippen LogP) is 4.37. The molecular formula is C24H23F3N4O2S. The first-order valence-corrected chi connectivity index (χ1v) is 11.4. The molecular weight excluding hydrogens is 465 g/mol. The number of aryl methyl sites for hydroxylation is 1. The van der Waals surface area contributed by atoms with Crippen LogP contribution in [-0.2, 0) is 22.2 Å². The number of benzene rings is 2. The maximum Gasteiger partial charge on any atom is 0.417 e. The Morgan fingerprint density at radius 1 is 1.18 bits per heavy atom. The zero-order valence-electron chi connectivity index (χ0n) is 18.2. The van der Waals surface area contributed by atoms with Crippen molar-refractivity contribution in [2.45, 2.75) is 55.7 Å². The summed E-state index contributed by atoms with van der Waals surface area (Å²) in [5.74, 6) is -0.657. The molecule has 2 aromatic rings. The molecule has 1 spiro atoms. The molecule has 4 rings (SSSR count). The van der Waals surface area contributed by atoms with E-state index in [1.807, 2.05) is 29.2 Å². The largest absolute Gasteiger partial charge is 0.417 e. The van der Waals surface area contributed by atoms with E-state index in [1.165, 1.54) is 11.0 Å². The molecule has 34 heavy (non-hydrogen) atoms. The summed E-state index contributed by atoms with van der Waals surface area (Å²) in [6, 6.07) is 12.4. The second-order valence-electron chi connectivity index (χ2n) is 8.60. The molecule has 1 aliphatic carbocycles. The van der Waals surface area contributed by atoms with Crippen molar-refractivity contribution >= 4 is 35.8 Å². The lowest BCUT2D eigenvalue weighted by molar-refractivity contribution is -0.137. The number of carbonyl (C=O) groups excluding carboxylic acids is 2. The number of rotatable bonds is 6. The van der Waals surface area contributed by atoms with Gasteiger partial charge in [-0.3, -0.25) is 14.5 Å². The summed E-state index contributed by atoms with van der Waals surface area (Å²) in [6.07, 6.45) is -1.16. The Kier molecular flexibility index (Phi) is 6.25. The van der Waals surface area contributed by atoms with E-state index in [0.717, 1.165) is 29.8 Å². The van der Waals surface area contributed by atoms with Gasteiger partial charge in [-0.15, -0.1) is 12.6 Å². The van der Waals surface area contributed by atoms with Crippen molar-refractivity contribution in [2.24, 2.45) is 5.73 Å². The van der Waals surface area contributed by atoms with Crippen LogP contribution in [0.25, 0.3) is 0 Å². The summed E-state index contributed by atoms with van der Waals surface area (Å²) < 4.78 is 40.6. The first-order chi connectivity index (χ1) is 16.1. The number of carbonyl (C=O) groups is 2. The van der Waals surface area contributed by atoms with Crippen molar-refractivity contribution in [1.29, 1.82) is 5.26 Å². The minimum atomic E-state index is -4.73. The third-order valence-electron chi connectivity index (χ3n) is 6.53. The SMILES string of the molecule is N#Cc1ccc(N2C(=O)C3(CCC3)N(c3ccc(CCCC(N)=O)cc3)C2S)cc1C(F)(F)F. The number of primary amides is 1. The van der Waals surface area contributed by atoms with Gasteiger partial charge in [0.2, 0.25) is 5.91 Å². The first-order valence-electron chi connectivity index (χ1n) is 10.9. The maximum absolute atomic E-state index is 13.5. The molecule has 1 heterocycles. The smallest absolute Gasteiger partial charge is 0.370 e. The van der Waals surface area contributed by atoms with Crippen LogP contribution in [0.3, 0.4) is 0 Å². The summed E-state index contributed by atoms with van der Waals surface area (Å²) >= 11 is 4.66. The number of halogens is 3. The Morgan fingerprint density at radius 3 is 2.35 bits per heavy atom. The van der Waals surface area contributed by atoms with Crippen LogP contribution in [0.2, 0.25) is 0 Å². The Morgan fingerprint density at radius 2 is 1.82 bits per heavy atom. The number of hydrogen-bond donors (Lipinski definition) is 2. The number of nitriles is 1. The predicted molar refractivity (Wildman–Crippen MR) is 124 cm³/mol. The molecule has 1 saturated carbocycles. The highest BCUT2D eigenvalue weighted by molar-refractivity contribution is 7.81. The van der Waals surface area contributed by atoms with Crippen LogP contribution >= 0.6 is 12.6 Å². The number of amides is 2. The summed E-state index contributed by atoms with van der Waals surface area (Å²) in [6.45, 7) is 0. The zero-order valence-corrected chi connectivity index (χ0v) is 19.1. The number of nitrogens with zero attached hydrogens (tertiary/aromatic N) is 3. The van der Waals surface area contributed by atoms with Crippen LogP contribution in [0.1, 0.15) is 48.8 Å². The molecule has 2 amide bonds. The molecule has 1 aliphatic heterocycles. The Balaban J connectivity index is 1.66. The van der Waals surface area contributed by atoms with Gasteiger partial charge in [-0.2, -0.15) is 18.4 Å². The molecule has 0 radical (unpaired) electrons. The van der Waals surface area contributed by atoms with Crippen LogP contribution in [0.5, 0.6) is 0 Å². The Bertz CT molecular complexity index is 1160.